The van der Waals surface area contributed by atoms with Crippen LogP contribution in [0.15, 0.2) is 30.5 Å². The van der Waals surface area contributed by atoms with Crippen molar-refractivity contribution in [2.24, 2.45) is 0 Å². The highest BCUT2D eigenvalue weighted by Crippen LogP contribution is 2.11. The van der Waals surface area contributed by atoms with Crippen LogP contribution in [0.4, 0.5) is 0 Å². The summed E-state index contributed by atoms with van der Waals surface area (Å²) in [7, 11) is 0. The van der Waals surface area contributed by atoms with E-state index in [2.05, 4.69) is 10.3 Å². The Labute approximate surface area is 87.5 Å². The highest BCUT2D eigenvalue weighted by molar-refractivity contribution is 5.92. The van der Waals surface area contributed by atoms with E-state index in [0.29, 0.717) is 5.69 Å². The van der Waals surface area contributed by atoms with Crippen molar-refractivity contribution in [3.8, 4) is 5.69 Å². The van der Waals surface area contributed by atoms with Gasteiger partial charge in [0.15, 0.2) is 5.78 Å². The van der Waals surface area contributed by atoms with Gasteiger partial charge in [-0.1, -0.05) is 17.3 Å². The summed E-state index contributed by atoms with van der Waals surface area (Å²) >= 11 is 0. The Morgan fingerprint density at radius 3 is 2.87 bits per heavy atom. The van der Waals surface area contributed by atoms with E-state index in [1.54, 1.807) is 4.68 Å². The number of carbonyl (C=O) groups is 1. The van der Waals surface area contributed by atoms with Crippen LogP contribution in [-0.2, 0) is 0 Å². The van der Waals surface area contributed by atoms with Gasteiger partial charge >= 0.3 is 0 Å². The molecule has 4 heteroatoms. The maximum absolute atomic E-state index is 11.3. The summed E-state index contributed by atoms with van der Waals surface area (Å²) in [6, 6.07) is 7.78. The van der Waals surface area contributed by atoms with Crippen LogP contribution in [-0.4, -0.2) is 20.8 Å². The van der Waals surface area contributed by atoms with Crippen LogP contribution >= 0.6 is 0 Å². The van der Waals surface area contributed by atoms with E-state index in [4.69, 9.17) is 0 Å². The maximum Gasteiger partial charge on any atom is 0.179 e. The van der Waals surface area contributed by atoms with Gasteiger partial charge in [0, 0.05) is 6.92 Å². The van der Waals surface area contributed by atoms with E-state index in [1.165, 1.54) is 13.1 Å². The molecule has 0 radical (unpaired) electrons. The molecule has 0 aliphatic rings. The van der Waals surface area contributed by atoms with E-state index in [9.17, 15) is 4.79 Å². The molecule has 0 bridgehead atoms. The summed E-state index contributed by atoms with van der Waals surface area (Å²) in [4.78, 5) is 11.3. The Bertz CT molecular complexity index is 502. The lowest BCUT2D eigenvalue weighted by Gasteiger charge is -2.03. The molecule has 4 nitrogen and oxygen atoms in total. The van der Waals surface area contributed by atoms with Crippen molar-refractivity contribution >= 4 is 5.78 Å². The fraction of sp³-hybridized carbons (Fsp3) is 0.182. The molecule has 0 saturated heterocycles. The van der Waals surface area contributed by atoms with E-state index < -0.39 is 0 Å². The van der Waals surface area contributed by atoms with Crippen LogP contribution in [0.1, 0.15) is 23.0 Å². The minimum absolute atomic E-state index is 0.0403. The van der Waals surface area contributed by atoms with Crippen molar-refractivity contribution in [1.29, 1.82) is 0 Å². The summed E-state index contributed by atoms with van der Waals surface area (Å²) < 4.78 is 1.55. The number of rotatable bonds is 2. The molecule has 0 amide bonds. The number of aryl methyl sites for hydroxylation is 1. The summed E-state index contributed by atoms with van der Waals surface area (Å²) in [5.41, 5.74) is 2.48. The first kappa shape index (κ1) is 9.58. The first-order valence-electron chi connectivity index (χ1n) is 4.67. The number of hydrogen-bond donors (Lipinski definition) is 0. The zero-order valence-electron chi connectivity index (χ0n) is 8.64. The van der Waals surface area contributed by atoms with E-state index in [0.717, 1.165) is 11.3 Å². The number of carbonyl (C=O) groups excluding carboxylic acids is 1. The number of Topliss-reactive ketones (excluding diaryl/α,β-unsaturated/α-hetero) is 1. The van der Waals surface area contributed by atoms with Gasteiger partial charge in [-0.25, -0.2) is 4.68 Å². The minimum atomic E-state index is -0.0403. The van der Waals surface area contributed by atoms with Crippen LogP contribution < -0.4 is 0 Å². The number of benzene rings is 1. The zero-order chi connectivity index (χ0) is 10.8. The normalized spacial score (nSPS) is 10.3. The molecule has 76 valence electrons. The largest absolute Gasteiger partial charge is 0.293 e. The second-order valence-electron chi connectivity index (χ2n) is 3.43. The molecular formula is C11H11N3O. The van der Waals surface area contributed by atoms with Gasteiger partial charge < -0.3 is 0 Å². The second kappa shape index (κ2) is 3.65. The third-order valence-corrected chi connectivity index (χ3v) is 2.16. The van der Waals surface area contributed by atoms with Crippen molar-refractivity contribution in [2.45, 2.75) is 13.8 Å². The molecule has 1 aromatic carbocycles. The van der Waals surface area contributed by atoms with E-state index >= 15 is 0 Å². The van der Waals surface area contributed by atoms with Crippen LogP contribution in [0.2, 0.25) is 0 Å². The van der Waals surface area contributed by atoms with Crippen molar-refractivity contribution in [2.75, 3.05) is 0 Å². The Morgan fingerprint density at radius 1 is 1.40 bits per heavy atom. The highest BCUT2D eigenvalue weighted by atomic mass is 16.1. The standard InChI is InChI=1S/C11H11N3O/c1-8-4-3-5-10(6-8)14-11(9(2)15)7-12-13-14/h3-7H,1-2H3. The molecule has 0 spiro atoms. The first-order valence-corrected chi connectivity index (χ1v) is 4.67. The van der Waals surface area contributed by atoms with Crippen molar-refractivity contribution in [1.82, 2.24) is 15.0 Å². The lowest BCUT2D eigenvalue weighted by atomic mass is 10.2. The summed E-state index contributed by atoms with van der Waals surface area (Å²) in [6.07, 6.45) is 1.48. The van der Waals surface area contributed by atoms with E-state index in [1.807, 2.05) is 31.2 Å². The first-order chi connectivity index (χ1) is 7.18. The maximum atomic E-state index is 11.3. The number of aromatic nitrogens is 3. The van der Waals surface area contributed by atoms with Gasteiger partial charge in [0.05, 0.1) is 11.9 Å². The molecule has 1 aromatic heterocycles. The molecule has 0 atom stereocenters. The Balaban J connectivity index is 2.54. The average Bonchev–Trinajstić information content (AvgIpc) is 2.65. The SMILES string of the molecule is CC(=O)c1cnnn1-c1cccc(C)c1. The van der Waals surface area contributed by atoms with E-state index in [-0.39, 0.29) is 5.78 Å². The molecule has 2 rings (SSSR count). The van der Waals surface area contributed by atoms with Gasteiger partial charge in [-0.15, -0.1) is 5.10 Å². The topological polar surface area (TPSA) is 47.8 Å². The van der Waals surface area contributed by atoms with Gasteiger partial charge in [0.25, 0.3) is 0 Å². The average molecular weight is 201 g/mol. The van der Waals surface area contributed by atoms with Gasteiger partial charge in [-0.3, -0.25) is 4.79 Å². The van der Waals surface area contributed by atoms with Crippen LogP contribution in [0.5, 0.6) is 0 Å². The van der Waals surface area contributed by atoms with Crippen molar-refractivity contribution in [3.05, 3.63) is 41.7 Å². The van der Waals surface area contributed by atoms with Gasteiger partial charge in [-0.05, 0) is 24.6 Å². The molecule has 0 unspecified atom stereocenters. The van der Waals surface area contributed by atoms with Crippen LogP contribution in [0.25, 0.3) is 5.69 Å². The van der Waals surface area contributed by atoms with Crippen molar-refractivity contribution in [3.63, 3.8) is 0 Å². The Kier molecular flexibility index (Phi) is 2.33. The van der Waals surface area contributed by atoms with Gasteiger partial charge in [0.1, 0.15) is 5.69 Å². The zero-order valence-corrected chi connectivity index (χ0v) is 8.64. The summed E-state index contributed by atoms with van der Waals surface area (Å²) in [6.45, 7) is 3.50. The Morgan fingerprint density at radius 2 is 2.20 bits per heavy atom. The predicted octanol–water partition coefficient (Wildman–Crippen LogP) is 1.78. The third-order valence-electron chi connectivity index (χ3n) is 2.16. The molecule has 0 N–H and O–H groups in total. The predicted molar refractivity (Wildman–Crippen MR) is 56.1 cm³/mol. The molecule has 15 heavy (non-hydrogen) atoms. The fourth-order valence-electron chi connectivity index (χ4n) is 1.43. The van der Waals surface area contributed by atoms with Crippen LogP contribution in [0, 0.1) is 6.92 Å². The molecule has 0 aliphatic carbocycles. The molecule has 2 aromatic rings. The summed E-state index contributed by atoms with van der Waals surface area (Å²) in [5, 5.41) is 7.64. The molecule has 0 aliphatic heterocycles. The summed E-state index contributed by atoms with van der Waals surface area (Å²) in [5.74, 6) is -0.0403. The second-order valence-corrected chi connectivity index (χ2v) is 3.43. The third kappa shape index (κ3) is 1.79. The number of hydrogen-bond acceptors (Lipinski definition) is 3. The molecule has 0 saturated carbocycles. The number of ketones is 1. The monoisotopic (exact) mass is 201 g/mol. The lowest BCUT2D eigenvalue weighted by Crippen LogP contribution is -2.05. The lowest BCUT2D eigenvalue weighted by molar-refractivity contribution is 0.101. The Hall–Kier alpha value is -1.97. The van der Waals surface area contributed by atoms with Gasteiger partial charge in [0.2, 0.25) is 0 Å². The smallest absolute Gasteiger partial charge is 0.179 e. The van der Waals surface area contributed by atoms with Crippen molar-refractivity contribution < 1.29 is 4.79 Å². The highest BCUT2D eigenvalue weighted by Gasteiger charge is 2.09. The molecule has 0 fully saturated rings. The van der Waals surface area contributed by atoms with Crippen LogP contribution in [0.3, 0.4) is 0 Å². The minimum Gasteiger partial charge on any atom is -0.293 e. The molecule has 1 heterocycles. The molecular weight excluding hydrogens is 190 g/mol. The van der Waals surface area contributed by atoms with Gasteiger partial charge in [-0.2, -0.15) is 0 Å². The quantitative estimate of drug-likeness (QED) is 0.696. The fourth-order valence-corrected chi connectivity index (χ4v) is 1.43. The number of nitrogens with zero attached hydrogens (tertiary/aromatic N) is 3.